The fourth-order valence-corrected chi connectivity index (χ4v) is 1.01. The Bertz CT molecular complexity index is 327. The third-order valence-electron chi connectivity index (χ3n) is 1.40. The minimum absolute atomic E-state index is 0.117. The van der Waals surface area contributed by atoms with Crippen molar-refractivity contribution in [2.75, 3.05) is 7.11 Å². The standard InChI is InChI=1S/C8H8ClNO3/c1-13-10-8(12)6-3-2-5(9)4-7(6)11/h2-4,11H,1H3,(H,10,12). The molecule has 0 atom stereocenters. The van der Waals surface area contributed by atoms with E-state index in [1.54, 1.807) is 0 Å². The van der Waals surface area contributed by atoms with Crippen molar-refractivity contribution in [1.82, 2.24) is 5.48 Å². The van der Waals surface area contributed by atoms with Gasteiger partial charge in [-0.25, -0.2) is 5.48 Å². The van der Waals surface area contributed by atoms with Gasteiger partial charge in [0.2, 0.25) is 0 Å². The summed E-state index contributed by atoms with van der Waals surface area (Å²) in [4.78, 5) is 15.5. The number of hydrogen-bond acceptors (Lipinski definition) is 3. The lowest BCUT2D eigenvalue weighted by atomic mass is 10.2. The van der Waals surface area contributed by atoms with E-state index in [2.05, 4.69) is 10.3 Å². The largest absolute Gasteiger partial charge is 0.507 e. The molecule has 0 bridgehead atoms. The SMILES string of the molecule is CONC(=O)c1ccc(Cl)cc1O. The molecule has 0 spiro atoms. The topological polar surface area (TPSA) is 58.6 Å². The molecule has 1 rings (SSSR count). The zero-order valence-electron chi connectivity index (χ0n) is 6.87. The van der Waals surface area contributed by atoms with Crippen LogP contribution in [0.25, 0.3) is 0 Å². The Morgan fingerprint density at radius 1 is 1.62 bits per heavy atom. The Kier molecular flexibility index (Phi) is 3.11. The molecular weight excluding hydrogens is 194 g/mol. The summed E-state index contributed by atoms with van der Waals surface area (Å²) in [6, 6.07) is 4.20. The van der Waals surface area contributed by atoms with Crippen LogP contribution in [0.4, 0.5) is 0 Å². The van der Waals surface area contributed by atoms with Crippen molar-refractivity contribution in [1.29, 1.82) is 0 Å². The van der Waals surface area contributed by atoms with Crippen LogP contribution in [0, 0.1) is 0 Å². The molecule has 2 N–H and O–H groups in total. The molecule has 1 aromatic rings. The van der Waals surface area contributed by atoms with Crippen molar-refractivity contribution in [3.63, 3.8) is 0 Å². The molecule has 1 aromatic carbocycles. The lowest BCUT2D eigenvalue weighted by Gasteiger charge is -2.03. The van der Waals surface area contributed by atoms with E-state index in [9.17, 15) is 9.90 Å². The van der Waals surface area contributed by atoms with Gasteiger partial charge in [-0.3, -0.25) is 9.63 Å². The van der Waals surface area contributed by atoms with E-state index in [0.29, 0.717) is 5.02 Å². The van der Waals surface area contributed by atoms with Gasteiger partial charge in [0.15, 0.2) is 0 Å². The van der Waals surface area contributed by atoms with Crippen LogP contribution in [0.5, 0.6) is 5.75 Å². The number of aromatic hydroxyl groups is 1. The van der Waals surface area contributed by atoms with Crippen LogP contribution in [-0.4, -0.2) is 18.1 Å². The highest BCUT2D eigenvalue weighted by Crippen LogP contribution is 2.21. The molecule has 0 aliphatic carbocycles. The molecule has 13 heavy (non-hydrogen) atoms. The van der Waals surface area contributed by atoms with Crippen molar-refractivity contribution in [2.24, 2.45) is 0 Å². The van der Waals surface area contributed by atoms with E-state index in [1.807, 2.05) is 0 Å². The number of rotatable bonds is 2. The maximum atomic E-state index is 11.1. The van der Waals surface area contributed by atoms with E-state index in [-0.39, 0.29) is 11.3 Å². The average molecular weight is 202 g/mol. The number of benzene rings is 1. The zero-order valence-corrected chi connectivity index (χ0v) is 7.63. The van der Waals surface area contributed by atoms with E-state index in [0.717, 1.165) is 0 Å². The zero-order chi connectivity index (χ0) is 9.84. The lowest BCUT2D eigenvalue weighted by molar-refractivity contribution is 0.0535. The second-order valence-electron chi connectivity index (χ2n) is 2.30. The minimum Gasteiger partial charge on any atom is -0.507 e. The highest BCUT2D eigenvalue weighted by Gasteiger charge is 2.10. The van der Waals surface area contributed by atoms with Crippen LogP contribution in [0.1, 0.15) is 10.4 Å². The maximum absolute atomic E-state index is 11.1. The monoisotopic (exact) mass is 201 g/mol. The van der Waals surface area contributed by atoms with Crippen LogP contribution in [-0.2, 0) is 4.84 Å². The van der Waals surface area contributed by atoms with Gasteiger partial charge in [0, 0.05) is 5.02 Å². The van der Waals surface area contributed by atoms with Gasteiger partial charge in [0.25, 0.3) is 5.91 Å². The van der Waals surface area contributed by atoms with Gasteiger partial charge in [-0.1, -0.05) is 11.6 Å². The summed E-state index contributed by atoms with van der Waals surface area (Å²) in [7, 11) is 1.31. The highest BCUT2D eigenvalue weighted by atomic mass is 35.5. The second-order valence-corrected chi connectivity index (χ2v) is 2.73. The Balaban J connectivity index is 2.95. The third kappa shape index (κ3) is 2.34. The van der Waals surface area contributed by atoms with Gasteiger partial charge in [-0.15, -0.1) is 0 Å². The first-order chi connectivity index (χ1) is 6.15. The van der Waals surface area contributed by atoms with Crippen molar-refractivity contribution in [2.45, 2.75) is 0 Å². The predicted octanol–water partition coefficient (Wildman–Crippen LogP) is 1.34. The Morgan fingerprint density at radius 3 is 2.85 bits per heavy atom. The third-order valence-corrected chi connectivity index (χ3v) is 1.63. The first kappa shape index (κ1) is 9.83. The molecule has 70 valence electrons. The summed E-state index contributed by atoms with van der Waals surface area (Å²) in [6.07, 6.45) is 0. The summed E-state index contributed by atoms with van der Waals surface area (Å²) in [5.41, 5.74) is 2.20. The fraction of sp³-hybridized carbons (Fsp3) is 0.125. The predicted molar refractivity (Wildman–Crippen MR) is 47.6 cm³/mol. The molecule has 0 unspecified atom stereocenters. The Morgan fingerprint density at radius 2 is 2.31 bits per heavy atom. The molecule has 0 saturated carbocycles. The first-order valence-electron chi connectivity index (χ1n) is 3.47. The van der Waals surface area contributed by atoms with Crippen LogP contribution < -0.4 is 5.48 Å². The van der Waals surface area contributed by atoms with Crippen molar-refractivity contribution >= 4 is 17.5 Å². The van der Waals surface area contributed by atoms with E-state index < -0.39 is 5.91 Å². The fourth-order valence-electron chi connectivity index (χ4n) is 0.844. The summed E-state index contributed by atoms with van der Waals surface area (Å²) in [6.45, 7) is 0. The molecule has 5 heteroatoms. The quantitative estimate of drug-likeness (QED) is 0.710. The van der Waals surface area contributed by atoms with Crippen molar-refractivity contribution in [3.8, 4) is 5.75 Å². The van der Waals surface area contributed by atoms with E-state index in [4.69, 9.17) is 11.6 Å². The van der Waals surface area contributed by atoms with Gasteiger partial charge in [0.1, 0.15) is 5.75 Å². The number of phenols is 1. The Hall–Kier alpha value is -1.26. The summed E-state index contributed by atoms with van der Waals surface area (Å²) < 4.78 is 0. The summed E-state index contributed by atoms with van der Waals surface area (Å²) >= 11 is 5.58. The number of halogens is 1. The molecule has 0 heterocycles. The number of carbonyl (C=O) groups is 1. The number of amides is 1. The van der Waals surface area contributed by atoms with Gasteiger partial charge >= 0.3 is 0 Å². The molecule has 0 aliphatic heterocycles. The summed E-state index contributed by atoms with van der Waals surface area (Å²) in [5.74, 6) is -0.696. The molecule has 4 nitrogen and oxygen atoms in total. The number of phenolic OH excluding ortho intramolecular Hbond substituents is 1. The van der Waals surface area contributed by atoms with Crippen molar-refractivity contribution < 1.29 is 14.7 Å². The van der Waals surface area contributed by atoms with Gasteiger partial charge in [0.05, 0.1) is 12.7 Å². The molecular formula is C8H8ClNO3. The van der Waals surface area contributed by atoms with E-state index in [1.165, 1.54) is 25.3 Å². The van der Waals surface area contributed by atoms with Crippen LogP contribution in [0.3, 0.4) is 0 Å². The minimum atomic E-state index is -0.517. The van der Waals surface area contributed by atoms with Crippen molar-refractivity contribution in [3.05, 3.63) is 28.8 Å². The summed E-state index contributed by atoms with van der Waals surface area (Å²) in [5, 5.41) is 9.65. The number of carbonyl (C=O) groups excluding carboxylic acids is 1. The Labute approximate surface area is 80.0 Å². The smallest absolute Gasteiger partial charge is 0.278 e. The second kappa shape index (κ2) is 4.11. The van der Waals surface area contributed by atoms with Crippen LogP contribution >= 0.6 is 11.6 Å². The van der Waals surface area contributed by atoms with E-state index >= 15 is 0 Å². The molecule has 0 aliphatic rings. The maximum Gasteiger partial charge on any atom is 0.278 e. The molecule has 0 saturated heterocycles. The van der Waals surface area contributed by atoms with Crippen LogP contribution in [0.2, 0.25) is 5.02 Å². The normalized spacial score (nSPS) is 9.69. The number of hydroxylamine groups is 1. The molecule has 0 radical (unpaired) electrons. The highest BCUT2D eigenvalue weighted by molar-refractivity contribution is 6.30. The van der Waals surface area contributed by atoms with Gasteiger partial charge < -0.3 is 5.11 Å². The lowest BCUT2D eigenvalue weighted by Crippen LogP contribution is -2.21. The number of nitrogens with one attached hydrogen (secondary N) is 1. The molecule has 0 fully saturated rings. The number of hydrogen-bond donors (Lipinski definition) is 2. The average Bonchev–Trinajstić information content (AvgIpc) is 2.04. The van der Waals surface area contributed by atoms with Gasteiger partial charge in [-0.05, 0) is 18.2 Å². The van der Waals surface area contributed by atoms with Crippen LogP contribution in [0.15, 0.2) is 18.2 Å². The molecule has 1 amide bonds. The van der Waals surface area contributed by atoms with Gasteiger partial charge in [-0.2, -0.15) is 0 Å². The molecule has 0 aromatic heterocycles. The first-order valence-corrected chi connectivity index (χ1v) is 3.85.